The summed E-state index contributed by atoms with van der Waals surface area (Å²) in [6.07, 6.45) is 2.91. The molecular formula is C31H27F2N7O6S. The van der Waals surface area contributed by atoms with E-state index in [1.807, 2.05) is 11.9 Å². The lowest BCUT2D eigenvalue weighted by atomic mass is 10.0. The number of aromatic carboxylic acids is 1. The van der Waals surface area contributed by atoms with E-state index in [2.05, 4.69) is 20.4 Å². The minimum Gasteiger partial charge on any atom is -0.478 e. The molecule has 1 saturated heterocycles. The Bertz CT molecular complexity index is 2170. The van der Waals surface area contributed by atoms with Crippen molar-refractivity contribution in [3.05, 3.63) is 95.3 Å². The number of likely N-dealkylation sites (N-methyl/N-ethyl adjacent to an activating group) is 1. The molecule has 2 aromatic heterocycles. The Morgan fingerprint density at radius 1 is 0.915 bits per heavy atom. The summed E-state index contributed by atoms with van der Waals surface area (Å²) in [6, 6.07) is 10.1. The molecule has 16 heteroatoms. The SMILES string of the molecule is CN1CCN(c2cc(C(N)=O)c(C(=O)Nc3n[nH]c4ccc(S(=O)(=O)c5cc(F)cc(F)c5)cc34)cc2-n2ccc(C(=O)O)c2)CC1. The summed E-state index contributed by atoms with van der Waals surface area (Å²) in [5.41, 5.74) is 6.80. The van der Waals surface area contributed by atoms with Crippen molar-refractivity contribution in [2.45, 2.75) is 9.79 Å². The van der Waals surface area contributed by atoms with Crippen molar-refractivity contribution in [3.63, 3.8) is 0 Å². The number of hydrogen-bond donors (Lipinski definition) is 4. The molecule has 47 heavy (non-hydrogen) atoms. The van der Waals surface area contributed by atoms with Crippen LogP contribution in [-0.2, 0) is 9.84 Å². The minimum absolute atomic E-state index is 0.00837. The summed E-state index contributed by atoms with van der Waals surface area (Å²) >= 11 is 0. The lowest BCUT2D eigenvalue weighted by Gasteiger charge is -2.35. The molecule has 3 heterocycles. The fourth-order valence-corrected chi connectivity index (χ4v) is 6.73. The number of piperazine rings is 1. The topological polar surface area (TPSA) is 184 Å². The highest BCUT2D eigenvalue weighted by molar-refractivity contribution is 7.91. The number of carboxylic acid groups (broad SMARTS) is 1. The summed E-state index contributed by atoms with van der Waals surface area (Å²) in [5.74, 6) is -5.08. The van der Waals surface area contributed by atoms with Crippen LogP contribution in [-0.4, -0.2) is 84.2 Å². The van der Waals surface area contributed by atoms with Crippen LogP contribution in [0.15, 0.2) is 76.8 Å². The maximum atomic E-state index is 13.8. The molecule has 0 unspecified atom stereocenters. The Labute approximate surface area is 266 Å². The zero-order valence-electron chi connectivity index (χ0n) is 24.7. The monoisotopic (exact) mass is 663 g/mol. The van der Waals surface area contributed by atoms with Crippen molar-refractivity contribution in [1.29, 1.82) is 0 Å². The molecule has 2 amide bonds. The number of benzene rings is 3. The van der Waals surface area contributed by atoms with Crippen LogP contribution in [0.5, 0.6) is 0 Å². The molecule has 0 aliphatic carbocycles. The maximum Gasteiger partial charge on any atom is 0.337 e. The lowest BCUT2D eigenvalue weighted by molar-refractivity contribution is 0.0696. The molecule has 13 nitrogen and oxygen atoms in total. The van der Waals surface area contributed by atoms with Gasteiger partial charge in [-0.05, 0) is 55.6 Å². The van der Waals surface area contributed by atoms with E-state index < -0.39 is 44.2 Å². The number of carboxylic acids is 1. The van der Waals surface area contributed by atoms with Crippen LogP contribution in [0.4, 0.5) is 20.3 Å². The van der Waals surface area contributed by atoms with E-state index in [9.17, 15) is 36.7 Å². The number of carbonyl (C=O) groups is 3. The average Bonchev–Trinajstić information content (AvgIpc) is 3.68. The van der Waals surface area contributed by atoms with Gasteiger partial charge >= 0.3 is 5.97 Å². The van der Waals surface area contributed by atoms with E-state index in [1.54, 1.807) is 0 Å². The fraction of sp³-hybridized carbons (Fsp3) is 0.161. The number of fused-ring (bicyclic) bond motifs is 1. The third-order valence-electron chi connectivity index (χ3n) is 7.91. The van der Waals surface area contributed by atoms with Crippen molar-refractivity contribution in [1.82, 2.24) is 19.7 Å². The van der Waals surface area contributed by atoms with E-state index in [1.165, 1.54) is 53.4 Å². The van der Waals surface area contributed by atoms with E-state index in [0.29, 0.717) is 48.2 Å². The predicted octanol–water partition coefficient (Wildman–Crippen LogP) is 3.27. The van der Waals surface area contributed by atoms with E-state index in [4.69, 9.17) is 5.73 Å². The normalized spacial score (nSPS) is 14.0. The molecule has 1 aliphatic rings. The molecule has 5 aromatic rings. The predicted molar refractivity (Wildman–Crippen MR) is 167 cm³/mol. The van der Waals surface area contributed by atoms with Gasteiger partial charge in [0.05, 0.1) is 43.4 Å². The van der Waals surface area contributed by atoms with Gasteiger partial charge in [0.25, 0.3) is 5.91 Å². The number of aromatic amines is 1. The Kier molecular flexibility index (Phi) is 7.98. The van der Waals surface area contributed by atoms with Crippen LogP contribution in [0.3, 0.4) is 0 Å². The molecule has 0 saturated carbocycles. The highest BCUT2D eigenvalue weighted by atomic mass is 32.2. The molecule has 0 radical (unpaired) electrons. The Morgan fingerprint density at radius 3 is 2.23 bits per heavy atom. The molecule has 242 valence electrons. The summed E-state index contributed by atoms with van der Waals surface area (Å²) < 4.78 is 55.6. The van der Waals surface area contributed by atoms with Crippen LogP contribution < -0.4 is 16.0 Å². The summed E-state index contributed by atoms with van der Waals surface area (Å²) in [4.78, 5) is 41.3. The van der Waals surface area contributed by atoms with Crippen molar-refractivity contribution >= 4 is 50.0 Å². The fourth-order valence-electron chi connectivity index (χ4n) is 5.40. The molecule has 0 spiro atoms. The Hall–Kier alpha value is -5.61. The van der Waals surface area contributed by atoms with Gasteiger partial charge in [-0.25, -0.2) is 22.0 Å². The number of nitrogens with two attached hydrogens (primary N) is 1. The number of primary amides is 1. The molecule has 6 rings (SSSR count). The second-order valence-electron chi connectivity index (χ2n) is 11.0. The number of nitrogens with zero attached hydrogens (tertiary/aromatic N) is 4. The van der Waals surface area contributed by atoms with Crippen LogP contribution in [0, 0.1) is 11.6 Å². The van der Waals surface area contributed by atoms with Crippen LogP contribution >= 0.6 is 0 Å². The first-order chi connectivity index (χ1) is 22.3. The Balaban J connectivity index is 1.41. The minimum atomic E-state index is -4.38. The van der Waals surface area contributed by atoms with Gasteiger partial charge in [0, 0.05) is 50.0 Å². The highest BCUT2D eigenvalue weighted by Crippen LogP contribution is 2.32. The molecule has 5 N–H and O–H groups in total. The third-order valence-corrected chi connectivity index (χ3v) is 9.64. The smallest absolute Gasteiger partial charge is 0.337 e. The van der Waals surface area contributed by atoms with Gasteiger partial charge in [-0.2, -0.15) is 5.10 Å². The van der Waals surface area contributed by atoms with Crippen LogP contribution in [0.1, 0.15) is 31.1 Å². The first-order valence-corrected chi connectivity index (χ1v) is 15.6. The number of halogens is 2. The highest BCUT2D eigenvalue weighted by Gasteiger charge is 2.26. The van der Waals surface area contributed by atoms with Gasteiger partial charge in [0.15, 0.2) is 5.82 Å². The van der Waals surface area contributed by atoms with Crippen LogP contribution in [0.2, 0.25) is 0 Å². The number of amides is 2. The molecule has 1 fully saturated rings. The molecular weight excluding hydrogens is 636 g/mol. The summed E-state index contributed by atoms with van der Waals surface area (Å²) in [6.45, 7) is 2.62. The average molecular weight is 664 g/mol. The third kappa shape index (κ3) is 6.03. The quantitative estimate of drug-likeness (QED) is 0.194. The number of carbonyl (C=O) groups excluding carboxylic acids is 2. The van der Waals surface area contributed by atoms with Gasteiger partial charge in [-0.1, -0.05) is 0 Å². The second kappa shape index (κ2) is 12.0. The van der Waals surface area contributed by atoms with Gasteiger partial charge in [-0.3, -0.25) is 14.7 Å². The Morgan fingerprint density at radius 2 is 1.60 bits per heavy atom. The summed E-state index contributed by atoms with van der Waals surface area (Å²) in [5, 5.41) is 19.0. The van der Waals surface area contributed by atoms with Crippen molar-refractivity contribution in [2.24, 2.45) is 5.73 Å². The first kappa shape index (κ1) is 31.4. The number of sulfone groups is 1. The number of rotatable bonds is 8. The zero-order chi connectivity index (χ0) is 33.6. The largest absolute Gasteiger partial charge is 0.478 e. The number of aromatic nitrogens is 3. The van der Waals surface area contributed by atoms with Gasteiger partial charge in [-0.15, -0.1) is 0 Å². The zero-order valence-corrected chi connectivity index (χ0v) is 25.5. The molecule has 1 aliphatic heterocycles. The molecule has 0 bridgehead atoms. The van der Waals surface area contributed by atoms with E-state index in [0.717, 1.165) is 13.1 Å². The van der Waals surface area contributed by atoms with Crippen molar-refractivity contribution in [2.75, 3.05) is 43.4 Å². The first-order valence-electron chi connectivity index (χ1n) is 14.2. The standard InChI is InChI=1S/C31H27F2N7O6S/c1-38-6-8-39(9-7-38)26-14-22(28(34)41)23(15-27(26)40-5-4-17(16-40)31(43)44)30(42)35-29-24-13-20(2-3-25(24)36-37-29)47(45,46)21-11-18(32)10-19(33)12-21/h2-5,10-16H,6-9H2,1H3,(H2,34,41)(H,43,44)(H2,35,36,37,42). The molecule has 3 aromatic carbocycles. The number of hydrogen-bond acceptors (Lipinski definition) is 8. The number of H-pyrrole nitrogens is 1. The van der Waals surface area contributed by atoms with Gasteiger partial charge in [0.1, 0.15) is 11.6 Å². The lowest BCUT2D eigenvalue weighted by Crippen LogP contribution is -2.45. The molecule has 0 atom stereocenters. The van der Waals surface area contributed by atoms with Gasteiger partial charge in [0.2, 0.25) is 15.7 Å². The van der Waals surface area contributed by atoms with Crippen LogP contribution in [0.25, 0.3) is 16.6 Å². The van der Waals surface area contributed by atoms with E-state index >= 15 is 0 Å². The maximum absolute atomic E-state index is 13.8. The van der Waals surface area contributed by atoms with Crippen molar-refractivity contribution < 1.29 is 36.7 Å². The number of nitrogens with one attached hydrogen (secondary N) is 2. The van der Waals surface area contributed by atoms with Crippen molar-refractivity contribution in [3.8, 4) is 5.69 Å². The number of anilines is 2. The van der Waals surface area contributed by atoms with E-state index in [-0.39, 0.29) is 32.8 Å². The van der Waals surface area contributed by atoms with Gasteiger partial charge < -0.3 is 30.5 Å². The summed E-state index contributed by atoms with van der Waals surface area (Å²) in [7, 11) is -2.40. The second-order valence-corrected chi connectivity index (χ2v) is 12.9.